The fourth-order valence-corrected chi connectivity index (χ4v) is 5.85. The Bertz CT molecular complexity index is 973. The largest absolute Gasteiger partial charge is 0.457 e. The molecule has 0 aliphatic carbocycles. The van der Waals surface area contributed by atoms with E-state index in [-0.39, 0.29) is 29.0 Å². The number of benzene rings is 1. The van der Waals surface area contributed by atoms with E-state index >= 15 is 0 Å². The summed E-state index contributed by atoms with van der Waals surface area (Å²) in [7, 11) is 0. The van der Waals surface area contributed by atoms with Gasteiger partial charge >= 0.3 is 5.97 Å². The van der Waals surface area contributed by atoms with Gasteiger partial charge in [0.1, 0.15) is 12.0 Å². The third-order valence-corrected chi connectivity index (χ3v) is 8.36. The molecule has 3 nitrogen and oxygen atoms in total. The van der Waals surface area contributed by atoms with Crippen molar-refractivity contribution < 1.29 is 14.3 Å². The molecule has 39 heavy (non-hydrogen) atoms. The number of esters is 1. The normalized spacial score (nSPS) is 20.8. The van der Waals surface area contributed by atoms with Crippen LogP contribution < -0.4 is 0 Å². The number of carbonyl (C=O) groups is 2. The van der Waals surface area contributed by atoms with Crippen molar-refractivity contribution in [2.24, 2.45) is 11.8 Å². The van der Waals surface area contributed by atoms with Crippen molar-refractivity contribution in [3.63, 3.8) is 0 Å². The molecule has 1 aromatic carbocycles. The van der Waals surface area contributed by atoms with Crippen molar-refractivity contribution in [1.29, 1.82) is 0 Å². The van der Waals surface area contributed by atoms with Gasteiger partial charge in [0.15, 0.2) is 5.78 Å². The van der Waals surface area contributed by atoms with Gasteiger partial charge in [-0.3, -0.25) is 9.59 Å². The van der Waals surface area contributed by atoms with Gasteiger partial charge in [-0.05, 0) is 69.1 Å². The smallest absolute Gasteiger partial charge is 0.317 e. The zero-order valence-electron chi connectivity index (χ0n) is 24.2. The van der Waals surface area contributed by atoms with Crippen molar-refractivity contribution in [2.45, 2.75) is 89.9 Å². The number of cyclic esters (lactones) is 1. The van der Waals surface area contributed by atoms with Gasteiger partial charge in [-0.1, -0.05) is 112 Å². The fraction of sp³-hybridized carbons (Fsp3) is 0.486. The van der Waals surface area contributed by atoms with Crippen molar-refractivity contribution in [1.82, 2.24) is 0 Å². The van der Waals surface area contributed by atoms with Gasteiger partial charge in [-0.25, -0.2) is 0 Å². The van der Waals surface area contributed by atoms with Gasteiger partial charge in [0.05, 0.1) is 5.25 Å². The lowest BCUT2D eigenvalue weighted by Gasteiger charge is -2.20. The number of carbonyl (C=O) groups excluding carboxylic acids is 2. The number of thioether (sulfide) groups is 1. The van der Waals surface area contributed by atoms with Crippen LogP contribution >= 0.6 is 11.8 Å². The topological polar surface area (TPSA) is 43.4 Å². The summed E-state index contributed by atoms with van der Waals surface area (Å²) in [5.74, 6) is -0.186. The molecule has 0 saturated carbocycles. The second kappa shape index (κ2) is 20.3. The molecule has 1 saturated heterocycles. The van der Waals surface area contributed by atoms with E-state index < -0.39 is 5.92 Å². The number of unbranched alkanes of at least 4 members (excludes halogenated alkanes) is 2. The van der Waals surface area contributed by atoms with Crippen molar-refractivity contribution in [2.75, 3.05) is 5.75 Å². The summed E-state index contributed by atoms with van der Waals surface area (Å²) in [6.45, 7) is 6.15. The molecule has 0 bridgehead atoms. The molecular formula is C35H48O3S. The molecule has 2 rings (SSSR count). The molecule has 1 unspecified atom stereocenters. The summed E-state index contributed by atoms with van der Waals surface area (Å²) in [5, 5.41) is -0.145. The molecule has 1 aliphatic heterocycles. The van der Waals surface area contributed by atoms with E-state index in [1.165, 1.54) is 0 Å². The SMILES string of the molecule is CC/C=C\C/C=C\C/C=C\C/C=C\C/C=C\CCCCS[C@@H](CC)C(=O)C1C(=O)O[C@H](c2ccccc2)[C@@H]1C. The summed E-state index contributed by atoms with van der Waals surface area (Å²) < 4.78 is 5.64. The monoisotopic (exact) mass is 548 g/mol. The van der Waals surface area contributed by atoms with Crippen LogP contribution in [-0.4, -0.2) is 22.8 Å². The van der Waals surface area contributed by atoms with E-state index in [0.29, 0.717) is 0 Å². The summed E-state index contributed by atoms with van der Waals surface area (Å²) in [6, 6.07) is 9.75. The molecule has 4 atom stereocenters. The van der Waals surface area contributed by atoms with E-state index in [2.05, 4.69) is 67.7 Å². The van der Waals surface area contributed by atoms with E-state index in [9.17, 15) is 9.59 Å². The summed E-state index contributed by atoms with van der Waals surface area (Å²) in [6.07, 6.45) is 30.9. The van der Waals surface area contributed by atoms with Crippen LogP contribution in [0.3, 0.4) is 0 Å². The molecule has 1 fully saturated rings. The van der Waals surface area contributed by atoms with Gasteiger partial charge in [0, 0.05) is 5.92 Å². The Balaban J connectivity index is 1.57. The molecule has 1 heterocycles. The van der Waals surface area contributed by atoms with E-state index in [4.69, 9.17) is 4.74 Å². The quantitative estimate of drug-likeness (QED) is 0.0747. The van der Waals surface area contributed by atoms with Crippen LogP contribution in [0.15, 0.2) is 91.1 Å². The van der Waals surface area contributed by atoms with Crippen LogP contribution in [-0.2, 0) is 14.3 Å². The Hall–Kier alpha value is -2.59. The van der Waals surface area contributed by atoms with Crippen LogP contribution in [0.25, 0.3) is 0 Å². The first-order valence-corrected chi connectivity index (χ1v) is 15.8. The highest BCUT2D eigenvalue weighted by Crippen LogP contribution is 2.41. The van der Waals surface area contributed by atoms with E-state index in [1.807, 2.05) is 44.2 Å². The summed E-state index contributed by atoms with van der Waals surface area (Å²) in [5.41, 5.74) is 0.962. The number of allylic oxidation sites excluding steroid dienone is 10. The molecule has 0 N–H and O–H groups in total. The summed E-state index contributed by atoms with van der Waals surface area (Å²) in [4.78, 5) is 25.9. The molecule has 0 spiro atoms. The van der Waals surface area contributed by atoms with Crippen LogP contribution in [0.2, 0.25) is 0 Å². The Morgan fingerprint density at radius 3 is 1.97 bits per heavy atom. The van der Waals surface area contributed by atoms with Gasteiger partial charge in [-0.15, -0.1) is 0 Å². The second-order valence-electron chi connectivity index (χ2n) is 9.98. The molecule has 0 amide bonds. The lowest BCUT2D eigenvalue weighted by molar-refractivity contribution is -0.147. The third-order valence-electron chi connectivity index (χ3n) is 6.87. The summed E-state index contributed by atoms with van der Waals surface area (Å²) >= 11 is 1.70. The highest BCUT2D eigenvalue weighted by atomic mass is 32.2. The molecule has 0 radical (unpaired) electrons. The van der Waals surface area contributed by atoms with Crippen LogP contribution in [0.4, 0.5) is 0 Å². The average molecular weight is 549 g/mol. The lowest BCUT2D eigenvalue weighted by atomic mass is 9.84. The van der Waals surface area contributed by atoms with Gasteiger partial charge in [0.25, 0.3) is 0 Å². The van der Waals surface area contributed by atoms with Crippen LogP contribution in [0, 0.1) is 11.8 Å². The van der Waals surface area contributed by atoms with Gasteiger partial charge in [0.2, 0.25) is 0 Å². The van der Waals surface area contributed by atoms with E-state index in [0.717, 1.165) is 69.1 Å². The Morgan fingerprint density at radius 2 is 1.41 bits per heavy atom. The molecule has 1 aromatic rings. The predicted molar refractivity (Wildman–Crippen MR) is 168 cm³/mol. The lowest BCUT2D eigenvalue weighted by Crippen LogP contribution is -2.32. The Morgan fingerprint density at radius 1 is 0.846 bits per heavy atom. The zero-order chi connectivity index (χ0) is 28.1. The third kappa shape index (κ3) is 12.4. The van der Waals surface area contributed by atoms with Crippen LogP contribution in [0.5, 0.6) is 0 Å². The highest BCUT2D eigenvalue weighted by molar-refractivity contribution is 8.00. The first-order valence-electron chi connectivity index (χ1n) is 14.8. The molecule has 0 aromatic heterocycles. The number of ether oxygens (including phenoxy) is 1. The minimum atomic E-state index is -0.658. The number of hydrogen-bond acceptors (Lipinski definition) is 4. The number of ketones is 1. The zero-order valence-corrected chi connectivity index (χ0v) is 25.0. The first kappa shape index (κ1) is 32.6. The highest BCUT2D eigenvalue weighted by Gasteiger charge is 2.48. The Kier molecular flexibility index (Phi) is 17.0. The minimum Gasteiger partial charge on any atom is -0.457 e. The molecule has 212 valence electrons. The Labute approximate surface area is 241 Å². The maximum Gasteiger partial charge on any atom is 0.317 e. The average Bonchev–Trinajstić information content (AvgIpc) is 3.25. The second-order valence-corrected chi connectivity index (χ2v) is 11.3. The fourth-order valence-electron chi connectivity index (χ4n) is 4.64. The molecule has 1 aliphatic rings. The van der Waals surface area contributed by atoms with E-state index in [1.54, 1.807) is 11.8 Å². The number of hydrogen-bond donors (Lipinski definition) is 0. The maximum atomic E-state index is 13.2. The standard InChI is InChI=1S/C35H48O3S/c1-4-6-7-8-9-10-11-12-13-14-15-16-17-18-19-20-21-25-28-39-31(5-2)33(36)32-29(3)34(38-35(32)37)30-26-23-22-24-27-30/h6-7,9-10,12-13,15-16,18-19,22-24,26-27,29,31-32,34H,4-5,8,11,14,17,20-21,25,28H2,1-3H3/b7-6-,10-9-,13-12-,16-15-,19-18-/t29-,31+,32?,34+/m1/s1. The molecule has 4 heteroatoms. The number of Topliss-reactive ketones (excluding diaryl/α,β-unsaturated/α-hetero) is 1. The van der Waals surface area contributed by atoms with Gasteiger partial charge in [-0.2, -0.15) is 11.8 Å². The predicted octanol–water partition coefficient (Wildman–Crippen LogP) is 9.54. The maximum absolute atomic E-state index is 13.2. The number of rotatable bonds is 19. The van der Waals surface area contributed by atoms with Crippen molar-refractivity contribution in [3.8, 4) is 0 Å². The van der Waals surface area contributed by atoms with Crippen molar-refractivity contribution in [3.05, 3.63) is 96.7 Å². The minimum absolute atomic E-state index is 0.0382. The van der Waals surface area contributed by atoms with Crippen molar-refractivity contribution >= 4 is 23.5 Å². The van der Waals surface area contributed by atoms with Crippen LogP contribution in [0.1, 0.15) is 90.2 Å². The molecular weight excluding hydrogens is 500 g/mol. The van der Waals surface area contributed by atoms with Gasteiger partial charge < -0.3 is 4.74 Å². The first-order chi connectivity index (χ1) is 19.1.